The summed E-state index contributed by atoms with van der Waals surface area (Å²) in [5.41, 5.74) is 2.78. The lowest BCUT2D eigenvalue weighted by molar-refractivity contribution is 0.257. The zero-order valence-corrected chi connectivity index (χ0v) is 19.4. The zero-order valence-electron chi connectivity index (χ0n) is 17.7. The molecule has 6 rings (SSSR count). The second kappa shape index (κ2) is 9.46. The van der Waals surface area contributed by atoms with Crippen molar-refractivity contribution < 1.29 is 0 Å². The van der Waals surface area contributed by atoms with Crippen molar-refractivity contribution in [1.29, 1.82) is 0 Å². The lowest BCUT2D eigenvalue weighted by Crippen LogP contribution is -2.45. The summed E-state index contributed by atoms with van der Waals surface area (Å²) in [6.45, 7) is 3.21. The first-order valence-electron chi connectivity index (χ1n) is 10.5. The van der Waals surface area contributed by atoms with Crippen LogP contribution >= 0.6 is 24.8 Å². The quantitative estimate of drug-likeness (QED) is 0.475. The van der Waals surface area contributed by atoms with Crippen LogP contribution in [0.25, 0.3) is 17.2 Å². The molecular formula is C22H24Cl2N8O. The van der Waals surface area contributed by atoms with E-state index in [-0.39, 0.29) is 30.4 Å². The van der Waals surface area contributed by atoms with Gasteiger partial charge in [-0.3, -0.25) is 4.79 Å². The molecular weight excluding hydrogens is 463 g/mol. The first-order valence-corrected chi connectivity index (χ1v) is 10.5. The molecule has 0 saturated carbocycles. The van der Waals surface area contributed by atoms with E-state index in [1.165, 1.54) is 6.33 Å². The normalized spacial score (nSPS) is 18.7. The van der Waals surface area contributed by atoms with Crippen LogP contribution < -0.4 is 10.9 Å². The van der Waals surface area contributed by atoms with Gasteiger partial charge in [0.05, 0.1) is 12.1 Å². The van der Waals surface area contributed by atoms with Crippen LogP contribution in [-0.2, 0) is 13.1 Å². The molecule has 2 bridgehead atoms. The van der Waals surface area contributed by atoms with Crippen LogP contribution in [0.3, 0.4) is 0 Å². The van der Waals surface area contributed by atoms with Gasteiger partial charge in [0.2, 0.25) is 0 Å². The Kier molecular flexibility index (Phi) is 6.64. The second-order valence-electron chi connectivity index (χ2n) is 8.25. The summed E-state index contributed by atoms with van der Waals surface area (Å²) in [4.78, 5) is 26.5. The lowest BCUT2D eigenvalue weighted by Gasteiger charge is -2.37. The summed E-state index contributed by atoms with van der Waals surface area (Å²) in [5, 5.41) is 7.70. The van der Waals surface area contributed by atoms with Crippen molar-refractivity contribution in [3.8, 4) is 17.2 Å². The maximum Gasteiger partial charge on any atom is 0.261 e. The molecule has 2 atom stereocenters. The molecule has 9 nitrogen and oxygen atoms in total. The van der Waals surface area contributed by atoms with Gasteiger partial charge in [0, 0.05) is 48.9 Å². The molecule has 0 unspecified atom stereocenters. The summed E-state index contributed by atoms with van der Waals surface area (Å²) < 4.78 is 5.61. The molecule has 2 aliphatic rings. The van der Waals surface area contributed by atoms with Crippen LogP contribution in [-0.4, -0.2) is 47.0 Å². The molecule has 0 aromatic carbocycles. The van der Waals surface area contributed by atoms with Crippen molar-refractivity contribution in [2.75, 3.05) is 13.1 Å². The van der Waals surface area contributed by atoms with Gasteiger partial charge in [0.25, 0.3) is 5.56 Å². The minimum Gasteiger partial charge on any atom is -0.326 e. The van der Waals surface area contributed by atoms with Crippen molar-refractivity contribution in [2.24, 2.45) is 5.92 Å². The topological polar surface area (TPSA) is 95.4 Å². The standard InChI is InChI=1S/C22H22N8O.2ClH/c31-22-18(3-4-19-17-8-15(9-23-10-17)11-29(19)22)21-26-6-7-28(21)12-16-2-1-5-25-20(16)30-14-24-13-27-30;;/h1-7,13-15,17,23H,8-12H2;2*1H/t15-,17+;;/m0../s1. The number of hydrogen-bond acceptors (Lipinski definition) is 6. The third-order valence-corrected chi connectivity index (χ3v) is 6.31. The third-order valence-electron chi connectivity index (χ3n) is 6.31. The van der Waals surface area contributed by atoms with E-state index >= 15 is 0 Å². The first kappa shape index (κ1) is 23.2. The highest BCUT2D eigenvalue weighted by atomic mass is 35.5. The van der Waals surface area contributed by atoms with Gasteiger partial charge in [-0.1, -0.05) is 6.07 Å². The van der Waals surface area contributed by atoms with Crippen LogP contribution in [0, 0.1) is 5.92 Å². The van der Waals surface area contributed by atoms with E-state index in [0.29, 0.717) is 35.6 Å². The van der Waals surface area contributed by atoms with Gasteiger partial charge in [-0.05, 0) is 37.1 Å². The smallest absolute Gasteiger partial charge is 0.261 e. The molecule has 1 fully saturated rings. The third kappa shape index (κ3) is 4.07. The van der Waals surface area contributed by atoms with E-state index < -0.39 is 0 Å². The summed E-state index contributed by atoms with van der Waals surface area (Å²) in [7, 11) is 0. The fourth-order valence-corrected chi connectivity index (χ4v) is 4.90. The van der Waals surface area contributed by atoms with Crippen molar-refractivity contribution in [3.63, 3.8) is 0 Å². The molecule has 4 aromatic heterocycles. The Morgan fingerprint density at radius 2 is 2.00 bits per heavy atom. The fourth-order valence-electron chi connectivity index (χ4n) is 4.90. The van der Waals surface area contributed by atoms with Gasteiger partial charge < -0.3 is 14.5 Å². The Hall–Kier alpha value is -3.01. The molecule has 172 valence electrons. The average molecular weight is 487 g/mol. The highest BCUT2D eigenvalue weighted by molar-refractivity contribution is 5.85. The SMILES string of the molecule is Cl.Cl.O=c1c(-c2nccn2Cc2cccnc2-n2cncn2)ccc2n1C[C@@H]1CNC[C@H]2C1. The zero-order chi connectivity index (χ0) is 20.8. The maximum absolute atomic E-state index is 13.5. The Balaban J connectivity index is 0.00000130. The number of piperidine rings is 1. The number of rotatable bonds is 4. The van der Waals surface area contributed by atoms with E-state index in [2.05, 4.69) is 31.4 Å². The van der Waals surface area contributed by atoms with Gasteiger partial charge in [0.15, 0.2) is 5.82 Å². The second-order valence-corrected chi connectivity index (χ2v) is 8.25. The minimum atomic E-state index is 0. The molecule has 4 aromatic rings. The summed E-state index contributed by atoms with van der Waals surface area (Å²) >= 11 is 0. The van der Waals surface area contributed by atoms with E-state index in [4.69, 9.17) is 0 Å². The molecule has 0 amide bonds. The van der Waals surface area contributed by atoms with Gasteiger partial charge in [-0.15, -0.1) is 24.8 Å². The van der Waals surface area contributed by atoms with E-state index in [9.17, 15) is 4.79 Å². The number of imidazole rings is 1. The molecule has 0 aliphatic carbocycles. The average Bonchev–Trinajstić information content (AvgIpc) is 3.48. The lowest BCUT2D eigenvalue weighted by atomic mass is 9.84. The van der Waals surface area contributed by atoms with Gasteiger partial charge in [0.1, 0.15) is 18.5 Å². The van der Waals surface area contributed by atoms with Crippen molar-refractivity contribution in [1.82, 2.24) is 39.2 Å². The molecule has 1 N–H and O–H groups in total. The Morgan fingerprint density at radius 3 is 2.85 bits per heavy atom. The fraction of sp³-hybridized carbons (Fsp3) is 0.318. The van der Waals surface area contributed by atoms with Gasteiger partial charge in [-0.2, -0.15) is 5.10 Å². The Bertz CT molecular complexity index is 1300. The number of nitrogens with zero attached hydrogens (tertiary/aromatic N) is 7. The molecule has 0 radical (unpaired) electrons. The van der Waals surface area contributed by atoms with Crippen LogP contribution in [0.1, 0.15) is 23.6 Å². The minimum absolute atomic E-state index is 0. The Labute approximate surface area is 202 Å². The van der Waals surface area contributed by atoms with Crippen molar-refractivity contribution in [3.05, 3.63) is 77.1 Å². The van der Waals surface area contributed by atoms with Crippen LogP contribution in [0.4, 0.5) is 0 Å². The Morgan fingerprint density at radius 1 is 1.09 bits per heavy atom. The highest BCUT2D eigenvalue weighted by Crippen LogP contribution is 2.32. The number of halogens is 2. The number of nitrogens with one attached hydrogen (secondary N) is 1. The number of pyridine rings is 2. The van der Waals surface area contributed by atoms with Crippen LogP contribution in [0.15, 0.2) is 60.3 Å². The van der Waals surface area contributed by atoms with E-state index in [0.717, 1.165) is 37.3 Å². The number of aromatic nitrogens is 7. The monoisotopic (exact) mass is 486 g/mol. The van der Waals surface area contributed by atoms with E-state index in [1.54, 1.807) is 23.4 Å². The molecule has 2 aliphatic heterocycles. The summed E-state index contributed by atoms with van der Waals surface area (Å²) in [6.07, 6.45) is 9.64. The van der Waals surface area contributed by atoms with Crippen molar-refractivity contribution in [2.45, 2.75) is 25.4 Å². The maximum atomic E-state index is 13.5. The molecule has 0 spiro atoms. The van der Waals surface area contributed by atoms with Crippen LogP contribution in [0.2, 0.25) is 0 Å². The molecule has 1 saturated heterocycles. The number of hydrogen-bond donors (Lipinski definition) is 1. The molecule has 11 heteroatoms. The van der Waals surface area contributed by atoms with Crippen LogP contribution in [0.5, 0.6) is 0 Å². The molecule has 33 heavy (non-hydrogen) atoms. The molecule has 6 heterocycles. The van der Waals surface area contributed by atoms with Gasteiger partial charge >= 0.3 is 0 Å². The predicted octanol–water partition coefficient (Wildman–Crippen LogP) is 2.29. The predicted molar refractivity (Wildman–Crippen MR) is 128 cm³/mol. The van der Waals surface area contributed by atoms with Gasteiger partial charge in [-0.25, -0.2) is 19.6 Å². The largest absolute Gasteiger partial charge is 0.326 e. The number of fused-ring (bicyclic) bond motifs is 4. The highest BCUT2D eigenvalue weighted by Gasteiger charge is 2.31. The van der Waals surface area contributed by atoms with E-state index in [1.807, 2.05) is 33.5 Å². The first-order chi connectivity index (χ1) is 15.3. The summed E-state index contributed by atoms with van der Waals surface area (Å²) in [5.74, 6) is 2.30. The van der Waals surface area contributed by atoms with Crippen molar-refractivity contribution >= 4 is 24.8 Å². The summed E-state index contributed by atoms with van der Waals surface area (Å²) in [6, 6.07) is 7.94.